The van der Waals surface area contributed by atoms with Gasteiger partial charge in [0, 0.05) is 4.88 Å². The zero-order valence-corrected chi connectivity index (χ0v) is 18.1. The van der Waals surface area contributed by atoms with Crippen molar-refractivity contribution in [3.05, 3.63) is 74.5 Å². The van der Waals surface area contributed by atoms with E-state index in [4.69, 9.17) is 9.47 Å². The first-order valence-corrected chi connectivity index (χ1v) is 11.1. The molecule has 2 heterocycles. The second kappa shape index (κ2) is 10.1. The SMILES string of the molecule is CCOC(=O)C1=C(c2ccccc2)NC(SCC(=O)OC)=C(C#N)[C@H]1c1cccs1. The maximum atomic E-state index is 13.0. The molecule has 30 heavy (non-hydrogen) atoms. The molecule has 0 amide bonds. The summed E-state index contributed by atoms with van der Waals surface area (Å²) in [7, 11) is 1.32. The number of hydrogen-bond donors (Lipinski definition) is 1. The number of nitrogens with one attached hydrogen (secondary N) is 1. The highest BCUT2D eigenvalue weighted by Gasteiger charge is 2.37. The summed E-state index contributed by atoms with van der Waals surface area (Å²) in [6.45, 7) is 1.97. The number of benzene rings is 1. The molecule has 154 valence electrons. The maximum absolute atomic E-state index is 13.0. The third kappa shape index (κ3) is 4.58. The van der Waals surface area contributed by atoms with Crippen LogP contribution >= 0.6 is 23.1 Å². The molecule has 1 atom stereocenters. The number of nitriles is 1. The Morgan fingerprint density at radius 3 is 2.60 bits per heavy atom. The number of hydrogen-bond acceptors (Lipinski definition) is 8. The molecule has 0 spiro atoms. The molecule has 1 aliphatic rings. The Hall–Kier alpha value is -3.02. The Morgan fingerprint density at radius 1 is 1.23 bits per heavy atom. The molecule has 0 fully saturated rings. The summed E-state index contributed by atoms with van der Waals surface area (Å²) in [5.74, 6) is -1.43. The Bertz CT molecular complexity index is 1020. The van der Waals surface area contributed by atoms with E-state index < -0.39 is 17.9 Å². The van der Waals surface area contributed by atoms with Gasteiger partial charge in [0.25, 0.3) is 0 Å². The predicted octanol–water partition coefficient (Wildman–Crippen LogP) is 4.05. The largest absolute Gasteiger partial charge is 0.468 e. The summed E-state index contributed by atoms with van der Waals surface area (Å²) in [5, 5.41) is 15.6. The topological polar surface area (TPSA) is 88.4 Å². The van der Waals surface area contributed by atoms with Crippen LogP contribution in [0.1, 0.15) is 23.3 Å². The molecule has 1 aromatic heterocycles. The van der Waals surface area contributed by atoms with E-state index in [-0.39, 0.29) is 12.4 Å². The van der Waals surface area contributed by atoms with Gasteiger partial charge >= 0.3 is 11.9 Å². The van der Waals surface area contributed by atoms with Crippen LogP contribution in [0.15, 0.2) is 64.0 Å². The zero-order valence-electron chi connectivity index (χ0n) is 16.5. The average Bonchev–Trinajstić information content (AvgIpc) is 3.31. The van der Waals surface area contributed by atoms with E-state index in [0.29, 0.717) is 21.9 Å². The molecule has 0 saturated heterocycles. The van der Waals surface area contributed by atoms with E-state index in [1.165, 1.54) is 30.2 Å². The minimum atomic E-state index is -0.592. The van der Waals surface area contributed by atoms with Crippen LogP contribution in [0, 0.1) is 11.3 Å². The minimum absolute atomic E-state index is 0.0397. The van der Waals surface area contributed by atoms with Gasteiger partial charge in [-0.15, -0.1) is 11.3 Å². The molecule has 0 bridgehead atoms. The summed E-state index contributed by atoms with van der Waals surface area (Å²) >= 11 is 2.64. The molecule has 1 aromatic carbocycles. The molecule has 0 saturated carbocycles. The van der Waals surface area contributed by atoms with Crippen molar-refractivity contribution in [3.63, 3.8) is 0 Å². The van der Waals surface area contributed by atoms with E-state index in [9.17, 15) is 14.9 Å². The fourth-order valence-corrected chi connectivity index (χ4v) is 4.80. The van der Waals surface area contributed by atoms with Gasteiger partial charge in [-0.2, -0.15) is 5.26 Å². The Kier molecular flexibility index (Phi) is 7.33. The first-order chi connectivity index (χ1) is 14.6. The number of dihydropyridines is 1. The highest BCUT2D eigenvalue weighted by Crippen LogP contribution is 2.44. The smallest absolute Gasteiger partial charge is 0.337 e. The van der Waals surface area contributed by atoms with Crippen molar-refractivity contribution in [3.8, 4) is 6.07 Å². The van der Waals surface area contributed by atoms with Gasteiger partial charge in [0.05, 0.1) is 53.3 Å². The quantitative estimate of drug-likeness (QED) is 0.650. The molecule has 0 unspecified atom stereocenters. The lowest BCUT2D eigenvalue weighted by Crippen LogP contribution is -2.29. The number of methoxy groups -OCH3 is 1. The second-order valence-corrected chi connectivity index (χ2v) is 8.13. The van der Waals surface area contributed by atoms with Gasteiger partial charge in [-0.25, -0.2) is 4.79 Å². The van der Waals surface area contributed by atoms with Crippen LogP contribution in [-0.4, -0.2) is 31.4 Å². The molecule has 6 nitrogen and oxygen atoms in total. The third-order valence-electron chi connectivity index (χ3n) is 4.40. The first kappa shape index (κ1) is 21.7. The van der Waals surface area contributed by atoms with Gasteiger partial charge < -0.3 is 14.8 Å². The lowest BCUT2D eigenvalue weighted by Gasteiger charge is -2.30. The number of rotatable bonds is 7. The minimum Gasteiger partial charge on any atom is -0.468 e. The maximum Gasteiger partial charge on any atom is 0.337 e. The van der Waals surface area contributed by atoms with E-state index in [1.54, 1.807) is 6.92 Å². The molecule has 8 heteroatoms. The summed E-state index contributed by atoms with van der Waals surface area (Å²) in [6.07, 6.45) is 0. The molecular formula is C22H20N2O4S2. The van der Waals surface area contributed by atoms with Crippen molar-refractivity contribution < 1.29 is 19.1 Å². The van der Waals surface area contributed by atoms with Crippen molar-refractivity contribution in [2.45, 2.75) is 12.8 Å². The monoisotopic (exact) mass is 440 g/mol. The highest BCUT2D eigenvalue weighted by molar-refractivity contribution is 8.03. The van der Waals surface area contributed by atoms with E-state index >= 15 is 0 Å². The number of allylic oxidation sites excluding steroid dienone is 1. The fraction of sp³-hybridized carbons (Fsp3) is 0.227. The van der Waals surface area contributed by atoms with Gasteiger partial charge in [-0.1, -0.05) is 48.2 Å². The van der Waals surface area contributed by atoms with Gasteiger partial charge in [0.15, 0.2) is 0 Å². The van der Waals surface area contributed by atoms with Crippen LogP contribution < -0.4 is 5.32 Å². The van der Waals surface area contributed by atoms with E-state index in [2.05, 4.69) is 11.4 Å². The third-order valence-corrected chi connectivity index (χ3v) is 6.33. The molecular weight excluding hydrogens is 420 g/mol. The molecule has 3 rings (SSSR count). The first-order valence-electron chi connectivity index (χ1n) is 9.21. The number of carbonyl (C=O) groups excluding carboxylic acids is 2. The lowest BCUT2D eigenvalue weighted by atomic mass is 9.85. The average molecular weight is 441 g/mol. The summed E-state index contributed by atoms with van der Waals surface area (Å²) < 4.78 is 10.1. The van der Waals surface area contributed by atoms with Crippen molar-refractivity contribution in [2.75, 3.05) is 19.5 Å². The standard InChI is InChI=1S/C22H20N2O4S2/c1-3-28-22(26)19-18(16-10-7-11-29-16)15(12-23)21(30-13-17(25)27-2)24-20(19)14-8-5-4-6-9-14/h4-11,18,24H,3,13H2,1-2H3/t18-/m0/s1. The Balaban J connectivity index is 2.19. The molecule has 1 aliphatic heterocycles. The number of thiophene rings is 1. The van der Waals surface area contributed by atoms with E-state index in [0.717, 1.165) is 10.4 Å². The Labute approximate surface area is 183 Å². The molecule has 0 radical (unpaired) electrons. The van der Waals surface area contributed by atoms with Gasteiger partial charge in [0.1, 0.15) is 0 Å². The highest BCUT2D eigenvalue weighted by atomic mass is 32.2. The van der Waals surface area contributed by atoms with Crippen LogP contribution in [0.25, 0.3) is 5.70 Å². The van der Waals surface area contributed by atoms with Crippen molar-refractivity contribution in [1.82, 2.24) is 5.32 Å². The van der Waals surface area contributed by atoms with Crippen molar-refractivity contribution in [2.24, 2.45) is 0 Å². The Morgan fingerprint density at radius 2 is 2.00 bits per heavy atom. The second-order valence-electron chi connectivity index (χ2n) is 6.17. The van der Waals surface area contributed by atoms with Crippen molar-refractivity contribution in [1.29, 1.82) is 5.26 Å². The summed E-state index contributed by atoms with van der Waals surface area (Å²) in [6, 6.07) is 15.4. The number of thioether (sulfide) groups is 1. The van der Waals surface area contributed by atoms with Gasteiger partial charge in [-0.05, 0) is 23.9 Å². The molecule has 1 N–H and O–H groups in total. The lowest BCUT2D eigenvalue weighted by molar-refractivity contribution is -0.139. The van der Waals surface area contributed by atoms with Crippen LogP contribution in [0.4, 0.5) is 0 Å². The van der Waals surface area contributed by atoms with Crippen LogP contribution in [0.3, 0.4) is 0 Å². The summed E-state index contributed by atoms with van der Waals surface area (Å²) in [5.41, 5.74) is 2.10. The fourth-order valence-electron chi connectivity index (χ4n) is 3.09. The van der Waals surface area contributed by atoms with Crippen LogP contribution in [0.2, 0.25) is 0 Å². The van der Waals surface area contributed by atoms with Gasteiger partial charge in [-0.3, -0.25) is 4.79 Å². The van der Waals surface area contributed by atoms with Crippen LogP contribution in [-0.2, 0) is 19.1 Å². The molecule has 0 aliphatic carbocycles. The number of ether oxygens (including phenoxy) is 2. The summed E-state index contributed by atoms with van der Waals surface area (Å²) in [4.78, 5) is 25.6. The number of nitrogens with zero attached hydrogens (tertiary/aromatic N) is 1. The molecule has 2 aromatic rings. The number of esters is 2. The van der Waals surface area contributed by atoms with Crippen molar-refractivity contribution >= 4 is 40.7 Å². The number of carbonyl (C=O) groups is 2. The van der Waals surface area contributed by atoms with E-state index in [1.807, 2.05) is 47.8 Å². The zero-order chi connectivity index (χ0) is 21.5. The van der Waals surface area contributed by atoms with Gasteiger partial charge in [0.2, 0.25) is 0 Å². The predicted molar refractivity (Wildman–Crippen MR) is 117 cm³/mol. The normalized spacial score (nSPS) is 16.0. The van der Waals surface area contributed by atoms with Crippen LogP contribution in [0.5, 0.6) is 0 Å².